The maximum Gasteiger partial charge on any atom is 0.0367 e. The van der Waals surface area contributed by atoms with Crippen molar-refractivity contribution >= 4 is 0 Å². The number of allylic oxidation sites excluding steroid dienone is 2. The molecule has 1 rings (SSSR count). The first-order chi connectivity index (χ1) is 3.81. The van der Waals surface area contributed by atoms with Gasteiger partial charge in [0, 0.05) is 17.9 Å². The van der Waals surface area contributed by atoms with Gasteiger partial charge in [-0.25, -0.2) is 0 Å². The Kier molecular flexibility index (Phi) is 1.28. The maximum atomic E-state index is 2.35. The van der Waals surface area contributed by atoms with Gasteiger partial charge in [-0.2, -0.15) is 0 Å². The van der Waals surface area contributed by atoms with Crippen LogP contribution >= 0.6 is 0 Å². The number of hydrogen-bond donors (Lipinski definition) is 0. The Morgan fingerprint density at radius 3 is 2.12 bits per heavy atom. The number of hydrogen-bond acceptors (Lipinski definition) is 1. The van der Waals surface area contributed by atoms with E-state index in [0.717, 1.165) is 6.54 Å². The second-order valence-electron chi connectivity index (χ2n) is 2.13. The van der Waals surface area contributed by atoms with E-state index in [1.165, 1.54) is 12.1 Å². The van der Waals surface area contributed by atoms with Gasteiger partial charge in [0.2, 0.25) is 0 Å². The average molecular weight is 111 g/mol. The molecule has 46 valence electrons. The van der Waals surface area contributed by atoms with Gasteiger partial charge in [-0.1, -0.05) is 6.92 Å². The summed E-state index contributed by atoms with van der Waals surface area (Å²) in [6.07, 6.45) is 1.21. The van der Waals surface area contributed by atoms with Crippen LogP contribution in [0.4, 0.5) is 0 Å². The molecule has 0 spiro atoms. The van der Waals surface area contributed by atoms with E-state index in [2.05, 4.69) is 25.7 Å². The lowest BCUT2D eigenvalue weighted by Crippen LogP contribution is -1.97. The summed E-state index contributed by atoms with van der Waals surface area (Å²) in [6, 6.07) is 0. The third-order valence-corrected chi connectivity index (χ3v) is 1.75. The molecule has 0 saturated heterocycles. The first-order valence-corrected chi connectivity index (χ1v) is 3.28. The molecule has 0 saturated carbocycles. The van der Waals surface area contributed by atoms with Gasteiger partial charge in [0.1, 0.15) is 0 Å². The lowest BCUT2D eigenvalue weighted by atomic mass is 10.4. The highest BCUT2D eigenvalue weighted by Gasteiger charge is 2.24. The first kappa shape index (κ1) is 5.67. The van der Waals surface area contributed by atoms with Gasteiger partial charge in [0.15, 0.2) is 0 Å². The number of nitrogens with zero attached hydrogens (tertiary/aromatic N) is 1. The fourth-order valence-corrected chi connectivity index (χ4v) is 1.22. The van der Waals surface area contributed by atoms with Gasteiger partial charge in [0.25, 0.3) is 0 Å². The summed E-state index contributed by atoms with van der Waals surface area (Å²) in [6.45, 7) is 7.73. The highest BCUT2D eigenvalue weighted by atomic mass is 15.3. The molecule has 0 aromatic heterocycles. The third kappa shape index (κ3) is 0.623. The van der Waals surface area contributed by atoms with Crippen molar-refractivity contribution < 1.29 is 0 Å². The molecule has 0 aliphatic carbocycles. The topological polar surface area (TPSA) is 3.01 Å². The van der Waals surface area contributed by atoms with Crippen molar-refractivity contribution in [1.29, 1.82) is 0 Å². The van der Waals surface area contributed by atoms with Gasteiger partial charge in [-0.05, 0) is 20.3 Å². The highest BCUT2D eigenvalue weighted by molar-refractivity contribution is 5.28. The van der Waals surface area contributed by atoms with Crippen molar-refractivity contribution in [2.75, 3.05) is 6.54 Å². The summed E-state index contributed by atoms with van der Waals surface area (Å²) >= 11 is 0. The van der Waals surface area contributed by atoms with E-state index < -0.39 is 0 Å². The zero-order chi connectivity index (χ0) is 6.15. The first-order valence-electron chi connectivity index (χ1n) is 3.28. The minimum atomic E-state index is 1.16. The molecule has 0 bridgehead atoms. The Balaban J connectivity index is 2.36. The van der Waals surface area contributed by atoms with Gasteiger partial charge in [0.05, 0.1) is 0 Å². The zero-order valence-electron chi connectivity index (χ0n) is 5.86. The van der Waals surface area contributed by atoms with Crippen molar-refractivity contribution in [1.82, 2.24) is 4.90 Å². The molecular weight excluding hydrogens is 98.1 g/mol. The molecule has 1 aliphatic rings. The summed E-state index contributed by atoms with van der Waals surface area (Å²) in [5.41, 5.74) is 3.04. The van der Waals surface area contributed by atoms with Crippen LogP contribution in [0.15, 0.2) is 11.4 Å². The van der Waals surface area contributed by atoms with Crippen LogP contribution in [0.5, 0.6) is 0 Å². The smallest absolute Gasteiger partial charge is 0.0367 e. The van der Waals surface area contributed by atoms with Crippen molar-refractivity contribution in [2.24, 2.45) is 0 Å². The molecule has 0 radical (unpaired) electrons. The van der Waals surface area contributed by atoms with Crippen molar-refractivity contribution in [3.05, 3.63) is 11.4 Å². The second kappa shape index (κ2) is 1.81. The van der Waals surface area contributed by atoms with Crippen LogP contribution in [0.3, 0.4) is 0 Å². The monoisotopic (exact) mass is 111 g/mol. The standard InChI is InChI=1S/C7H13N/c1-4-7-6(3)8(7)5-2/h4-5H2,1-3H3. The molecule has 0 aromatic carbocycles. The lowest BCUT2D eigenvalue weighted by molar-refractivity contribution is 0.576. The summed E-state index contributed by atoms with van der Waals surface area (Å²) in [4.78, 5) is 2.35. The fourth-order valence-electron chi connectivity index (χ4n) is 1.22. The normalized spacial score (nSPS) is 17.6. The van der Waals surface area contributed by atoms with Gasteiger partial charge in [-0.15, -0.1) is 0 Å². The summed E-state index contributed by atoms with van der Waals surface area (Å²) in [7, 11) is 0. The van der Waals surface area contributed by atoms with Crippen LogP contribution < -0.4 is 0 Å². The Bertz CT molecular complexity index is 124. The Labute approximate surface area is 51.0 Å². The van der Waals surface area contributed by atoms with Crippen LogP contribution in [0.25, 0.3) is 0 Å². The van der Waals surface area contributed by atoms with Crippen molar-refractivity contribution in [3.63, 3.8) is 0 Å². The van der Waals surface area contributed by atoms with Crippen LogP contribution in [-0.2, 0) is 0 Å². The lowest BCUT2D eigenvalue weighted by Gasteiger charge is -1.97. The minimum absolute atomic E-state index is 1.16. The zero-order valence-corrected chi connectivity index (χ0v) is 5.86. The van der Waals surface area contributed by atoms with E-state index in [1.807, 2.05) is 0 Å². The average Bonchev–Trinajstić information content (AvgIpc) is 2.40. The SMILES string of the molecule is CCC1=C(C)N1CC. The predicted octanol–water partition coefficient (Wildman–Crippen LogP) is 1.96. The van der Waals surface area contributed by atoms with Crippen molar-refractivity contribution in [2.45, 2.75) is 27.2 Å². The fraction of sp³-hybridized carbons (Fsp3) is 0.714. The molecule has 1 heteroatoms. The van der Waals surface area contributed by atoms with E-state index in [1.54, 1.807) is 5.70 Å². The highest BCUT2D eigenvalue weighted by Crippen LogP contribution is 2.32. The summed E-state index contributed by atoms with van der Waals surface area (Å²) in [5.74, 6) is 0. The molecule has 1 aliphatic heterocycles. The van der Waals surface area contributed by atoms with E-state index in [-0.39, 0.29) is 0 Å². The Hall–Kier alpha value is -0.460. The molecule has 8 heavy (non-hydrogen) atoms. The van der Waals surface area contributed by atoms with E-state index in [4.69, 9.17) is 0 Å². The molecule has 0 unspecified atom stereocenters. The summed E-state index contributed by atoms with van der Waals surface area (Å²) < 4.78 is 0. The maximum absolute atomic E-state index is 2.35. The third-order valence-electron chi connectivity index (χ3n) is 1.75. The van der Waals surface area contributed by atoms with Crippen LogP contribution in [0, 0.1) is 0 Å². The second-order valence-corrected chi connectivity index (χ2v) is 2.13. The Morgan fingerprint density at radius 1 is 1.38 bits per heavy atom. The van der Waals surface area contributed by atoms with Crippen LogP contribution in [0.1, 0.15) is 27.2 Å². The largest absolute Gasteiger partial charge is 0.346 e. The molecule has 0 aromatic rings. The minimum Gasteiger partial charge on any atom is -0.346 e. The summed E-state index contributed by atoms with van der Waals surface area (Å²) in [5, 5.41) is 0. The molecule has 1 nitrogen and oxygen atoms in total. The molecule has 0 amide bonds. The van der Waals surface area contributed by atoms with E-state index in [0.29, 0.717) is 0 Å². The molecule has 0 fully saturated rings. The molecule has 0 N–H and O–H groups in total. The predicted molar refractivity (Wildman–Crippen MR) is 35.4 cm³/mol. The molecule has 0 atom stereocenters. The van der Waals surface area contributed by atoms with Gasteiger partial charge >= 0.3 is 0 Å². The van der Waals surface area contributed by atoms with Crippen molar-refractivity contribution in [3.8, 4) is 0 Å². The van der Waals surface area contributed by atoms with Crippen LogP contribution in [0.2, 0.25) is 0 Å². The molecule has 1 heterocycles. The Morgan fingerprint density at radius 2 is 2.00 bits per heavy atom. The number of rotatable bonds is 2. The van der Waals surface area contributed by atoms with E-state index in [9.17, 15) is 0 Å². The van der Waals surface area contributed by atoms with E-state index >= 15 is 0 Å². The molecular formula is C7H13N. The van der Waals surface area contributed by atoms with Gasteiger partial charge < -0.3 is 4.90 Å². The van der Waals surface area contributed by atoms with Crippen LogP contribution in [-0.4, -0.2) is 11.4 Å². The quantitative estimate of drug-likeness (QED) is 0.526. The van der Waals surface area contributed by atoms with Gasteiger partial charge in [-0.3, -0.25) is 0 Å².